The van der Waals surface area contributed by atoms with Crippen LogP contribution in [-0.4, -0.2) is 43.8 Å². The van der Waals surface area contributed by atoms with Crippen LogP contribution in [0.2, 0.25) is 0 Å². The highest BCUT2D eigenvalue weighted by molar-refractivity contribution is 5.91. The van der Waals surface area contributed by atoms with Crippen LogP contribution in [0.5, 0.6) is 5.75 Å². The first-order chi connectivity index (χ1) is 13.1. The van der Waals surface area contributed by atoms with Crippen molar-refractivity contribution in [2.75, 3.05) is 19.8 Å². The number of rotatable bonds is 7. The van der Waals surface area contributed by atoms with Gasteiger partial charge >= 0.3 is 5.97 Å². The number of hydrogen-bond acceptors (Lipinski definition) is 5. The summed E-state index contributed by atoms with van der Waals surface area (Å²) >= 11 is 0. The molecule has 0 spiro atoms. The van der Waals surface area contributed by atoms with Crippen molar-refractivity contribution in [3.8, 4) is 5.75 Å². The molecule has 1 saturated carbocycles. The lowest BCUT2D eigenvalue weighted by Crippen LogP contribution is -2.39. The molecule has 1 N–H and O–H groups in total. The van der Waals surface area contributed by atoms with Gasteiger partial charge in [0.15, 0.2) is 6.61 Å². The van der Waals surface area contributed by atoms with Gasteiger partial charge in [0, 0.05) is 12.6 Å². The van der Waals surface area contributed by atoms with Gasteiger partial charge in [-0.05, 0) is 68.7 Å². The largest absolute Gasteiger partial charge is 0.491 e. The molecule has 6 nitrogen and oxygen atoms in total. The molecule has 1 aromatic carbocycles. The van der Waals surface area contributed by atoms with Gasteiger partial charge in [0.1, 0.15) is 12.4 Å². The molecule has 2 aliphatic rings. The van der Waals surface area contributed by atoms with E-state index in [0.29, 0.717) is 17.9 Å². The van der Waals surface area contributed by atoms with Gasteiger partial charge in [-0.25, -0.2) is 4.79 Å². The van der Waals surface area contributed by atoms with Gasteiger partial charge in [-0.3, -0.25) is 4.79 Å². The van der Waals surface area contributed by atoms with Crippen LogP contribution in [0.1, 0.15) is 55.8 Å². The summed E-state index contributed by atoms with van der Waals surface area (Å²) in [5.74, 6) is 0.674. The molecule has 1 aromatic rings. The molecule has 0 aromatic heterocycles. The van der Waals surface area contributed by atoms with Crippen molar-refractivity contribution in [1.82, 2.24) is 5.32 Å². The minimum Gasteiger partial charge on any atom is -0.491 e. The van der Waals surface area contributed by atoms with E-state index >= 15 is 0 Å². The number of nitrogens with one attached hydrogen (secondary N) is 1. The lowest BCUT2D eigenvalue weighted by atomic mass is 9.87. The molecule has 1 aliphatic heterocycles. The molecule has 27 heavy (non-hydrogen) atoms. The maximum Gasteiger partial charge on any atom is 0.338 e. The van der Waals surface area contributed by atoms with E-state index in [9.17, 15) is 9.59 Å². The van der Waals surface area contributed by atoms with Gasteiger partial charge in [-0.2, -0.15) is 0 Å². The summed E-state index contributed by atoms with van der Waals surface area (Å²) in [6.07, 6.45) is 6.50. The minimum absolute atomic E-state index is 0.153. The minimum atomic E-state index is -0.506. The third-order valence-corrected chi connectivity index (χ3v) is 5.27. The number of amides is 1. The molecule has 0 unspecified atom stereocenters. The summed E-state index contributed by atoms with van der Waals surface area (Å²) in [6, 6.07) is 6.96. The van der Waals surface area contributed by atoms with Gasteiger partial charge in [0.05, 0.1) is 11.7 Å². The van der Waals surface area contributed by atoms with Crippen LogP contribution in [0.3, 0.4) is 0 Å². The van der Waals surface area contributed by atoms with E-state index in [1.165, 1.54) is 0 Å². The Labute approximate surface area is 160 Å². The Kier molecular flexibility index (Phi) is 7.10. The van der Waals surface area contributed by atoms with Crippen molar-refractivity contribution in [2.24, 2.45) is 5.92 Å². The average Bonchev–Trinajstić information content (AvgIpc) is 3.20. The topological polar surface area (TPSA) is 73.9 Å². The monoisotopic (exact) mass is 375 g/mol. The maximum absolute atomic E-state index is 12.1. The van der Waals surface area contributed by atoms with Crippen LogP contribution in [0.4, 0.5) is 0 Å². The van der Waals surface area contributed by atoms with Crippen molar-refractivity contribution in [2.45, 2.75) is 57.6 Å². The molecule has 1 heterocycles. The highest BCUT2D eigenvalue weighted by Gasteiger charge is 2.20. The van der Waals surface area contributed by atoms with Gasteiger partial charge in [0.2, 0.25) is 0 Å². The van der Waals surface area contributed by atoms with Crippen LogP contribution < -0.4 is 10.1 Å². The van der Waals surface area contributed by atoms with E-state index < -0.39 is 5.97 Å². The third kappa shape index (κ3) is 6.24. The second-order valence-corrected chi connectivity index (χ2v) is 7.57. The smallest absolute Gasteiger partial charge is 0.338 e. The first-order valence-corrected chi connectivity index (χ1v) is 9.91. The van der Waals surface area contributed by atoms with Crippen molar-refractivity contribution in [3.05, 3.63) is 29.8 Å². The van der Waals surface area contributed by atoms with Crippen molar-refractivity contribution >= 4 is 11.9 Å². The summed E-state index contributed by atoms with van der Waals surface area (Å²) < 4.78 is 16.3. The van der Waals surface area contributed by atoms with E-state index in [-0.39, 0.29) is 24.7 Å². The van der Waals surface area contributed by atoms with Gasteiger partial charge in [0.25, 0.3) is 5.91 Å². The second-order valence-electron chi connectivity index (χ2n) is 7.57. The Balaban J connectivity index is 1.37. The van der Waals surface area contributed by atoms with Gasteiger partial charge in [-0.1, -0.05) is 6.92 Å². The van der Waals surface area contributed by atoms with Crippen LogP contribution in [0.25, 0.3) is 0 Å². The summed E-state index contributed by atoms with van der Waals surface area (Å²) in [4.78, 5) is 24.1. The molecule has 1 amide bonds. The maximum atomic E-state index is 12.1. The normalized spacial score (nSPS) is 25.0. The Hall–Kier alpha value is -2.08. The Morgan fingerprint density at radius 3 is 2.52 bits per heavy atom. The highest BCUT2D eigenvalue weighted by Crippen LogP contribution is 2.23. The van der Waals surface area contributed by atoms with Crippen LogP contribution in [-0.2, 0) is 14.3 Å². The quantitative estimate of drug-likeness (QED) is 0.742. The van der Waals surface area contributed by atoms with Crippen LogP contribution >= 0.6 is 0 Å². The molecule has 3 rings (SSSR count). The van der Waals surface area contributed by atoms with Crippen molar-refractivity contribution < 1.29 is 23.8 Å². The van der Waals surface area contributed by atoms with Crippen molar-refractivity contribution in [3.63, 3.8) is 0 Å². The number of carbonyl (C=O) groups excluding carboxylic acids is 2. The fraction of sp³-hybridized carbons (Fsp3) is 0.619. The molecular weight excluding hydrogens is 346 g/mol. The average molecular weight is 375 g/mol. The zero-order valence-electron chi connectivity index (χ0n) is 15.9. The molecule has 0 bridgehead atoms. The molecule has 148 valence electrons. The first-order valence-electron chi connectivity index (χ1n) is 9.91. The SMILES string of the molecule is CC1CCC(NC(=O)COC(=O)c2ccc(OC[C@H]3CCCO3)cc2)CC1. The standard InChI is InChI=1S/C21H29NO5/c1-15-4-8-17(9-5-15)22-20(23)14-27-21(24)16-6-10-18(11-7-16)26-13-19-3-2-12-25-19/h6-7,10-11,15,17,19H,2-5,8-9,12-14H2,1H3,(H,22,23)/t15?,17?,19-/m1/s1. The lowest BCUT2D eigenvalue weighted by molar-refractivity contribution is -0.125. The molecule has 6 heteroatoms. The Bertz CT molecular complexity index is 616. The third-order valence-electron chi connectivity index (χ3n) is 5.27. The van der Waals surface area contributed by atoms with Crippen molar-refractivity contribution in [1.29, 1.82) is 0 Å². The number of benzene rings is 1. The molecule has 0 radical (unpaired) electrons. The summed E-state index contributed by atoms with van der Waals surface area (Å²) in [6.45, 7) is 3.30. The van der Waals surface area contributed by atoms with Crippen LogP contribution in [0.15, 0.2) is 24.3 Å². The summed E-state index contributed by atoms with van der Waals surface area (Å²) in [7, 11) is 0. The first kappa shape index (κ1) is 19.7. The number of esters is 1. The number of carbonyl (C=O) groups is 2. The van der Waals surface area contributed by atoms with E-state index in [1.807, 2.05) is 0 Å². The Morgan fingerprint density at radius 1 is 1.11 bits per heavy atom. The fourth-order valence-corrected chi connectivity index (χ4v) is 3.54. The summed E-state index contributed by atoms with van der Waals surface area (Å²) in [5.41, 5.74) is 0.402. The molecule has 1 saturated heterocycles. The van der Waals surface area contributed by atoms with E-state index in [2.05, 4.69) is 12.2 Å². The lowest BCUT2D eigenvalue weighted by Gasteiger charge is -2.26. The molecule has 1 atom stereocenters. The number of hydrogen-bond donors (Lipinski definition) is 1. The van der Waals surface area contributed by atoms with E-state index in [4.69, 9.17) is 14.2 Å². The van der Waals surface area contributed by atoms with E-state index in [0.717, 1.165) is 51.0 Å². The highest BCUT2D eigenvalue weighted by atomic mass is 16.5. The fourth-order valence-electron chi connectivity index (χ4n) is 3.54. The molecule has 1 aliphatic carbocycles. The Morgan fingerprint density at radius 2 is 1.85 bits per heavy atom. The summed E-state index contributed by atoms with van der Waals surface area (Å²) in [5, 5.41) is 2.95. The molecule has 2 fully saturated rings. The predicted molar refractivity (Wildman–Crippen MR) is 101 cm³/mol. The van der Waals surface area contributed by atoms with Gasteiger partial charge in [-0.15, -0.1) is 0 Å². The van der Waals surface area contributed by atoms with Gasteiger partial charge < -0.3 is 19.5 Å². The second kappa shape index (κ2) is 9.74. The zero-order chi connectivity index (χ0) is 19.1. The van der Waals surface area contributed by atoms with Crippen LogP contribution in [0, 0.1) is 5.92 Å². The molecular formula is C21H29NO5. The van der Waals surface area contributed by atoms with E-state index in [1.54, 1.807) is 24.3 Å². The zero-order valence-corrected chi connectivity index (χ0v) is 15.9. The number of ether oxygens (including phenoxy) is 3. The predicted octanol–water partition coefficient (Wildman–Crippen LogP) is 3.10.